The third-order valence-corrected chi connectivity index (χ3v) is 6.25. The predicted molar refractivity (Wildman–Crippen MR) is 156 cm³/mol. The van der Waals surface area contributed by atoms with Crippen LogP contribution in [0.2, 0.25) is 0 Å². The zero-order valence-corrected chi connectivity index (χ0v) is 23.5. The van der Waals surface area contributed by atoms with E-state index in [-0.39, 0.29) is 5.41 Å². The molecular weight excluding hydrogens is 426 g/mol. The highest BCUT2D eigenvalue weighted by molar-refractivity contribution is 5.16. The average Bonchev–Trinajstić information content (AvgIpc) is 2.79. The van der Waals surface area contributed by atoms with Crippen LogP contribution >= 0.6 is 0 Å². The van der Waals surface area contributed by atoms with Gasteiger partial charge < -0.3 is 16.0 Å². The number of hydrogen-bond acceptors (Lipinski definition) is 3. The average molecular weight is 482 g/mol. The second kappa shape index (κ2) is 18.2. The second-order valence-electron chi connectivity index (χ2n) is 11.3. The molecule has 3 heteroatoms. The van der Waals surface area contributed by atoms with Crippen LogP contribution in [0, 0.1) is 5.41 Å². The number of aryl methyl sites for hydroxylation is 1. The quantitative estimate of drug-likeness (QED) is 0.155. The Bertz CT molecular complexity index is 714. The van der Waals surface area contributed by atoms with Crippen molar-refractivity contribution in [1.29, 1.82) is 0 Å². The number of hydrogen-bond donors (Lipinski definition) is 3. The van der Waals surface area contributed by atoms with Gasteiger partial charge in [-0.15, -0.1) is 0 Å². The first-order chi connectivity index (χ1) is 16.7. The fourth-order valence-electron chi connectivity index (χ4n) is 4.37. The summed E-state index contributed by atoms with van der Waals surface area (Å²) < 4.78 is 0. The molecule has 0 radical (unpaired) electrons. The number of nitrogens with one attached hydrogen (secondary N) is 3. The highest BCUT2D eigenvalue weighted by atomic mass is 14.9. The Labute approximate surface area is 218 Å². The van der Waals surface area contributed by atoms with Crippen LogP contribution in [0.5, 0.6) is 0 Å². The minimum Gasteiger partial charge on any atom is -0.389 e. The third kappa shape index (κ3) is 17.9. The number of unbranched alkanes of at least 4 members (excludes halogenated alkanes) is 3. The third-order valence-electron chi connectivity index (χ3n) is 6.25. The number of benzene rings is 1. The summed E-state index contributed by atoms with van der Waals surface area (Å²) in [6.45, 7) is 23.7. The maximum atomic E-state index is 4.33. The van der Waals surface area contributed by atoms with Crippen LogP contribution in [-0.4, -0.2) is 19.1 Å². The van der Waals surface area contributed by atoms with Gasteiger partial charge in [-0.2, -0.15) is 0 Å². The van der Waals surface area contributed by atoms with Gasteiger partial charge in [0.1, 0.15) is 0 Å². The van der Waals surface area contributed by atoms with Gasteiger partial charge in [-0.05, 0) is 62.3 Å². The monoisotopic (exact) mass is 481 g/mol. The van der Waals surface area contributed by atoms with Crippen LogP contribution in [0.3, 0.4) is 0 Å². The van der Waals surface area contributed by atoms with E-state index in [9.17, 15) is 0 Å². The molecule has 0 aliphatic carbocycles. The Morgan fingerprint density at radius 3 is 2.03 bits per heavy atom. The molecule has 0 spiro atoms. The van der Waals surface area contributed by atoms with Gasteiger partial charge in [0.2, 0.25) is 0 Å². The molecule has 0 aliphatic heterocycles. The topological polar surface area (TPSA) is 36.1 Å². The summed E-state index contributed by atoms with van der Waals surface area (Å²) in [6.07, 6.45) is 14.0. The van der Waals surface area contributed by atoms with E-state index in [1.165, 1.54) is 61.9 Å². The van der Waals surface area contributed by atoms with Gasteiger partial charge in [0.25, 0.3) is 0 Å². The molecule has 0 aliphatic rings. The second-order valence-corrected chi connectivity index (χ2v) is 11.3. The van der Waals surface area contributed by atoms with Gasteiger partial charge >= 0.3 is 0 Å². The lowest BCUT2D eigenvalue weighted by Crippen LogP contribution is -2.28. The highest BCUT2D eigenvalue weighted by Crippen LogP contribution is 2.21. The van der Waals surface area contributed by atoms with E-state index in [0.29, 0.717) is 6.04 Å². The lowest BCUT2D eigenvalue weighted by Gasteiger charge is -2.22. The molecule has 0 amide bonds. The Balaban J connectivity index is 2.21. The van der Waals surface area contributed by atoms with Crippen LogP contribution in [0.4, 0.5) is 0 Å². The molecular formula is C32H55N3. The molecule has 0 aromatic heterocycles. The molecule has 1 atom stereocenters. The van der Waals surface area contributed by atoms with E-state index in [1.807, 2.05) is 0 Å². The van der Waals surface area contributed by atoms with Gasteiger partial charge in [0.05, 0.1) is 0 Å². The number of rotatable bonds is 21. The van der Waals surface area contributed by atoms with Crippen molar-refractivity contribution >= 4 is 0 Å². The molecule has 0 saturated heterocycles. The Kier molecular flexibility index (Phi) is 16.0. The molecule has 0 heterocycles. The van der Waals surface area contributed by atoms with Gasteiger partial charge in [0.15, 0.2) is 0 Å². The van der Waals surface area contributed by atoms with Crippen molar-refractivity contribution in [2.45, 2.75) is 111 Å². The van der Waals surface area contributed by atoms with E-state index in [1.54, 1.807) is 0 Å². The summed E-state index contributed by atoms with van der Waals surface area (Å²) in [7, 11) is 0. The van der Waals surface area contributed by atoms with Crippen LogP contribution < -0.4 is 16.0 Å². The van der Waals surface area contributed by atoms with Crippen LogP contribution in [0.1, 0.15) is 104 Å². The standard InChI is InChI=1S/C32H55N3/c1-8-9-11-20-31(35-28(3)22-23-30-18-12-10-13-19-30)21-15-14-17-27(2)33-24-16-25-34-29(4)26-32(5,6)7/h10,12-13,18-19,31,33-35H,2-4,8-9,11,14-17,20-26H2,1,5-7H3. The maximum absolute atomic E-state index is 4.33. The van der Waals surface area contributed by atoms with Gasteiger partial charge in [-0.3, -0.25) is 0 Å². The van der Waals surface area contributed by atoms with E-state index in [0.717, 1.165) is 50.9 Å². The first-order valence-corrected chi connectivity index (χ1v) is 14.0. The molecule has 1 aromatic carbocycles. The summed E-state index contributed by atoms with van der Waals surface area (Å²) >= 11 is 0. The van der Waals surface area contributed by atoms with Gasteiger partial charge in [-0.25, -0.2) is 0 Å². The SMILES string of the molecule is C=C(CCCCC(CCCCC)NC(=C)CCc1ccccc1)NCCCNC(=C)CC(C)(C)C. The Hall–Kier alpha value is -2.16. The van der Waals surface area contributed by atoms with Crippen molar-refractivity contribution in [1.82, 2.24) is 16.0 Å². The van der Waals surface area contributed by atoms with Crippen molar-refractivity contribution in [2.24, 2.45) is 5.41 Å². The summed E-state index contributed by atoms with van der Waals surface area (Å²) in [5.74, 6) is 0. The minimum atomic E-state index is 0.288. The molecule has 3 N–H and O–H groups in total. The molecule has 1 rings (SSSR count). The molecule has 0 saturated carbocycles. The van der Waals surface area contributed by atoms with Crippen molar-refractivity contribution in [2.75, 3.05) is 13.1 Å². The summed E-state index contributed by atoms with van der Waals surface area (Å²) in [6, 6.07) is 11.3. The minimum absolute atomic E-state index is 0.288. The van der Waals surface area contributed by atoms with Crippen molar-refractivity contribution in [3.05, 3.63) is 72.7 Å². The summed E-state index contributed by atoms with van der Waals surface area (Å²) in [5, 5.41) is 10.7. The largest absolute Gasteiger partial charge is 0.389 e. The number of allylic oxidation sites excluding steroid dienone is 3. The zero-order chi connectivity index (χ0) is 25.9. The summed E-state index contributed by atoms with van der Waals surface area (Å²) in [4.78, 5) is 0. The van der Waals surface area contributed by atoms with Crippen molar-refractivity contribution in [3.8, 4) is 0 Å². The van der Waals surface area contributed by atoms with Gasteiger partial charge in [0, 0.05) is 36.2 Å². The smallest absolute Gasteiger partial charge is 0.0258 e. The van der Waals surface area contributed by atoms with Crippen LogP contribution in [0.15, 0.2) is 67.2 Å². The van der Waals surface area contributed by atoms with Crippen molar-refractivity contribution in [3.63, 3.8) is 0 Å². The molecule has 198 valence electrons. The van der Waals surface area contributed by atoms with Crippen LogP contribution in [-0.2, 0) is 6.42 Å². The lowest BCUT2D eigenvalue weighted by atomic mass is 9.91. The van der Waals surface area contributed by atoms with E-state index >= 15 is 0 Å². The van der Waals surface area contributed by atoms with Crippen molar-refractivity contribution < 1.29 is 0 Å². The normalized spacial score (nSPS) is 12.1. The fraction of sp³-hybridized carbons (Fsp3) is 0.625. The highest BCUT2D eigenvalue weighted by Gasteiger charge is 2.11. The fourth-order valence-corrected chi connectivity index (χ4v) is 4.37. The Morgan fingerprint density at radius 2 is 1.40 bits per heavy atom. The molecule has 1 aromatic rings. The van der Waals surface area contributed by atoms with E-state index < -0.39 is 0 Å². The van der Waals surface area contributed by atoms with Gasteiger partial charge in [-0.1, -0.05) is 103 Å². The molecule has 1 unspecified atom stereocenters. The molecule has 0 bridgehead atoms. The Morgan fingerprint density at radius 1 is 0.771 bits per heavy atom. The van der Waals surface area contributed by atoms with E-state index in [2.05, 4.69) is 93.7 Å². The summed E-state index contributed by atoms with van der Waals surface area (Å²) in [5.41, 5.74) is 5.16. The van der Waals surface area contributed by atoms with E-state index in [4.69, 9.17) is 0 Å². The first kappa shape index (κ1) is 30.9. The predicted octanol–water partition coefficient (Wildman–Crippen LogP) is 8.26. The first-order valence-electron chi connectivity index (χ1n) is 14.0. The molecule has 35 heavy (non-hydrogen) atoms. The molecule has 0 fully saturated rings. The maximum Gasteiger partial charge on any atom is 0.0258 e. The van der Waals surface area contributed by atoms with Crippen LogP contribution in [0.25, 0.3) is 0 Å². The molecule has 3 nitrogen and oxygen atoms in total. The zero-order valence-electron chi connectivity index (χ0n) is 23.5. The lowest BCUT2D eigenvalue weighted by molar-refractivity contribution is 0.398.